The van der Waals surface area contributed by atoms with E-state index in [2.05, 4.69) is 34.2 Å². The molecule has 1 heterocycles. The van der Waals surface area contributed by atoms with Gasteiger partial charge in [0.15, 0.2) is 0 Å². The zero-order valence-corrected chi connectivity index (χ0v) is 12.8. The highest BCUT2D eigenvalue weighted by molar-refractivity contribution is 5.90. The van der Waals surface area contributed by atoms with Crippen molar-refractivity contribution in [3.05, 3.63) is 78.7 Å². The van der Waals surface area contributed by atoms with Crippen LogP contribution in [0.1, 0.15) is 0 Å². The van der Waals surface area contributed by atoms with Gasteiger partial charge in [-0.2, -0.15) is 0 Å². The molecule has 0 spiro atoms. The van der Waals surface area contributed by atoms with Gasteiger partial charge in [-0.15, -0.1) is 0 Å². The van der Waals surface area contributed by atoms with Crippen molar-refractivity contribution in [2.75, 3.05) is 5.73 Å². The van der Waals surface area contributed by atoms with Gasteiger partial charge in [0.2, 0.25) is 5.95 Å². The van der Waals surface area contributed by atoms with E-state index in [1.807, 2.05) is 18.2 Å². The number of hydrogen-bond acceptors (Lipinski definition) is 3. The van der Waals surface area contributed by atoms with Crippen molar-refractivity contribution in [3.8, 4) is 22.4 Å². The van der Waals surface area contributed by atoms with Gasteiger partial charge in [-0.05, 0) is 46.7 Å². The molecule has 0 saturated heterocycles. The van der Waals surface area contributed by atoms with Crippen molar-refractivity contribution in [2.45, 2.75) is 0 Å². The van der Waals surface area contributed by atoms with E-state index in [4.69, 9.17) is 5.73 Å². The molecular formula is C20H14FN3. The first-order valence-electron chi connectivity index (χ1n) is 7.58. The number of fused-ring (bicyclic) bond motifs is 1. The molecule has 4 rings (SSSR count). The average molecular weight is 315 g/mol. The predicted octanol–water partition coefficient (Wildman–Crippen LogP) is 4.69. The third-order valence-electron chi connectivity index (χ3n) is 3.99. The maximum absolute atomic E-state index is 13.2. The second-order valence-electron chi connectivity index (χ2n) is 5.56. The van der Waals surface area contributed by atoms with Gasteiger partial charge in [-0.3, -0.25) is 0 Å². The number of benzene rings is 3. The molecular weight excluding hydrogens is 301 g/mol. The fourth-order valence-corrected chi connectivity index (χ4v) is 2.79. The topological polar surface area (TPSA) is 51.8 Å². The van der Waals surface area contributed by atoms with Crippen LogP contribution in [0.3, 0.4) is 0 Å². The fraction of sp³-hybridized carbons (Fsp3) is 0. The molecule has 4 heteroatoms. The Morgan fingerprint density at radius 2 is 1.50 bits per heavy atom. The van der Waals surface area contributed by atoms with E-state index >= 15 is 0 Å². The Labute approximate surface area is 138 Å². The summed E-state index contributed by atoms with van der Waals surface area (Å²) in [5.74, 6) is -0.0908. The summed E-state index contributed by atoms with van der Waals surface area (Å²) in [5, 5.41) is 2.30. The summed E-state index contributed by atoms with van der Waals surface area (Å²) in [6, 6.07) is 20.6. The van der Waals surface area contributed by atoms with Gasteiger partial charge in [0.1, 0.15) is 5.82 Å². The number of anilines is 1. The van der Waals surface area contributed by atoms with Crippen molar-refractivity contribution in [3.63, 3.8) is 0 Å². The van der Waals surface area contributed by atoms with Crippen LogP contribution < -0.4 is 5.73 Å². The zero-order chi connectivity index (χ0) is 16.5. The van der Waals surface area contributed by atoms with Crippen LogP contribution in [0, 0.1) is 5.82 Å². The quantitative estimate of drug-likeness (QED) is 0.584. The minimum atomic E-state index is -0.284. The second-order valence-corrected chi connectivity index (χ2v) is 5.56. The summed E-state index contributed by atoms with van der Waals surface area (Å²) in [4.78, 5) is 8.51. The lowest BCUT2D eigenvalue weighted by Gasteiger charge is -2.10. The van der Waals surface area contributed by atoms with E-state index in [1.54, 1.807) is 18.3 Å². The van der Waals surface area contributed by atoms with E-state index in [-0.39, 0.29) is 11.8 Å². The van der Waals surface area contributed by atoms with Crippen molar-refractivity contribution in [1.29, 1.82) is 0 Å². The Hall–Kier alpha value is -3.27. The van der Waals surface area contributed by atoms with Crippen LogP contribution in [0.5, 0.6) is 0 Å². The van der Waals surface area contributed by atoms with Crippen LogP contribution in [0.4, 0.5) is 10.3 Å². The number of rotatable bonds is 2. The Balaban J connectivity index is 1.92. The van der Waals surface area contributed by atoms with Crippen LogP contribution in [-0.2, 0) is 0 Å². The predicted molar refractivity (Wildman–Crippen MR) is 94.8 cm³/mol. The number of nitrogen functional groups attached to an aromatic ring is 1. The second kappa shape index (κ2) is 5.74. The first kappa shape index (κ1) is 14.3. The van der Waals surface area contributed by atoms with Gasteiger partial charge in [0, 0.05) is 17.3 Å². The summed E-state index contributed by atoms with van der Waals surface area (Å²) in [5.41, 5.74) is 9.12. The van der Waals surface area contributed by atoms with Gasteiger partial charge in [0.05, 0.1) is 5.69 Å². The highest BCUT2D eigenvalue weighted by Crippen LogP contribution is 2.32. The third kappa shape index (κ3) is 2.58. The molecule has 0 saturated carbocycles. The highest BCUT2D eigenvalue weighted by atomic mass is 19.1. The Morgan fingerprint density at radius 1 is 0.792 bits per heavy atom. The molecule has 2 N–H and O–H groups in total. The molecule has 3 aromatic carbocycles. The smallest absolute Gasteiger partial charge is 0.220 e. The van der Waals surface area contributed by atoms with Gasteiger partial charge in [-0.1, -0.05) is 36.4 Å². The number of halogens is 1. The van der Waals surface area contributed by atoms with E-state index in [0.29, 0.717) is 5.69 Å². The molecule has 4 aromatic rings. The van der Waals surface area contributed by atoms with E-state index in [9.17, 15) is 4.39 Å². The standard InChI is InChI=1S/C20H14FN3/c21-17-9-7-14(8-10-17)19-18(12-23-20(22)24-19)16-6-5-13-3-1-2-4-15(13)11-16/h1-12H,(H2,22,23,24). The lowest BCUT2D eigenvalue weighted by atomic mass is 9.98. The number of nitrogens with zero attached hydrogens (tertiary/aromatic N) is 2. The molecule has 116 valence electrons. The Kier molecular flexibility index (Phi) is 3.43. The molecule has 0 aliphatic rings. The molecule has 0 aliphatic carbocycles. The van der Waals surface area contributed by atoms with Gasteiger partial charge < -0.3 is 5.73 Å². The molecule has 0 amide bonds. The summed E-state index contributed by atoms with van der Waals surface area (Å²) in [6.07, 6.45) is 1.71. The number of nitrogens with two attached hydrogens (primary N) is 1. The molecule has 0 aliphatic heterocycles. The summed E-state index contributed by atoms with van der Waals surface area (Å²) in [7, 11) is 0. The fourth-order valence-electron chi connectivity index (χ4n) is 2.79. The van der Waals surface area contributed by atoms with Crippen molar-refractivity contribution in [1.82, 2.24) is 9.97 Å². The lowest BCUT2D eigenvalue weighted by molar-refractivity contribution is 0.628. The largest absolute Gasteiger partial charge is 0.368 e. The summed E-state index contributed by atoms with van der Waals surface area (Å²) < 4.78 is 13.2. The normalized spacial score (nSPS) is 10.9. The number of hydrogen-bond donors (Lipinski definition) is 1. The minimum Gasteiger partial charge on any atom is -0.368 e. The van der Waals surface area contributed by atoms with Crippen LogP contribution in [0.25, 0.3) is 33.2 Å². The average Bonchev–Trinajstić information content (AvgIpc) is 2.62. The molecule has 1 aromatic heterocycles. The monoisotopic (exact) mass is 315 g/mol. The molecule has 0 unspecified atom stereocenters. The molecule has 0 radical (unpaired) electrons. The first-order valence-corrected chi connectivity index (χ1v) is 7.58. The molecule has 3 nitrogen and oxygen atoms in total. The maximum atomic E-state index is 13.2. The molecule has 0 bridgehead atoms. The third-order valence-corrected chi connectivity index (χ3v) is 3.99. The first-order chi connectivity index (χ1) is 11.7. The van der Waals surface area contributed by atoms with Crippen LogP contribution >= 0.6 is 0 Å². The van der Waals surface area contributed by atoms with E-state index < -0.39 is 0 Å². The van der Waals surface area contributed by atoms with Gasteiger partial charge in [0.25, 0.3) is 0 Å². The molecule has 0 atom stereocenters. The highest BCUT2D eigenvalue weighted by Gasteiger charge is 2.11. The molecule has 24 heavy (non-hydrogen) atoms. The maximum Gasteiger partial charge on any atom is 0.220 e. The molecule has 0 fully saturated rings. The minimum absolute atomic E-state index is 0.193. The number of aromatic nitrogens is 2. The van der Waals surface area contributed by atoms with Crippen LogP contribution in [-0.4, -0.2) is 9.97 Å². The Bertz CT molecular complexity index is 1030. The van der Waals surface area contributed by atoms with Crippen LogP contribution in [0.2, 0.25) is 0 Å². The van der Waals surface area contributed by atoms with Gasteiger partial charge >= 0.3 is 0 Å². The van der Waals surface area contributed by atoms with Crippen LogP contribution in [0.15, 0.2) is 72.9 Å². The summed E-state index contributed by atoms with van der Waals surface area (Å²) in [6.45, 7) is 0. The zero-order valence-electron chi connectivity index (χ0n) is 12.8. The van der Waals surface area contributed by atoms with E-state index in [1.165, 1.54) is 17.5 Å². The lowest BCUT2D eigenvalue weighted by Crippen LogP contribution is -1.98. The van der Waals surface area contributed by atoms with Crippen molar-refractivity contribution >= 4 is 16.7 Å². The van der Waals surface area contributed by atoms with Gasteiger partial charge in [-0.25, -0.2) is 14.4 Å². The Morgan fingerprint density at radius 3 is 2.29 bits per heavy atom. The van der Waals surface area contributed by atoms with Crippen molar-refractivity contribution < 1.29 is 4.39 Å². The summed E-state index contributed by atoms with van der Waals surface area (Å²) >= 11 is 0. The SMILES string of the molecule is Nc1ncc(-c2ccc3ccccc3c2)c(-c2ccc(F)cc2)n1. The van der Waals surface area contributed by atoms with Crippen molar-refractivity contribution in [2.24, 2.45) is 0 Å². The van der Waals surface area contributed by atoms with E-state index in [0.717, 1.165) is 22.1 Å².